The van der Waals surface area contributed by atoms with E-state index in [-0.39, 0.29) is 6.10 Å². The topological polar surface area (TPSA) is 38.7 Å². The Bertz CT molecular complexity index is 299. The van der Waals surface area contributed by atoms with Crippen LogP contribution < -0.4 is 4.74 Å². The Morgan fingerprint density at radius 3 is 3.07 bits per heavy atom. The van der Waals surface area contributed by atoms with E-state index in [1.165, 1.54) is 0 Å². The van der Waals surface area contributed by atoms with E-state index in [2.05, 4.69) is 0 Å². The van der Waals surface area contributed by atoms with Crippen molar-refractivity contribution in [3.05, 3.63) is 29.8 Å². The molecule has 1 aliphatic heterocycles. The van der Waals surface area contributed by atoms with Crippen LogP contribution in [0.3, 0.4) is 0 Å². The maximum Gasteiger partial charge on any atom is 0.131 e. The predicted octanol–water partition coefficient (Wildman–Crippen LogP) is 1.39. The maximum absolute atomic E-state index is 9.80. The largest absolute Gasteiger partial charge is 0.487 e. The highest BCUT2D eigenvalue weighted by Crippen LogP contribution is 2.29. The minimum absolute atomic E-state index is 0.158. The number of aliphatic hydroxyl groups excluding tert-OH is 1. The Morgan fingerprint density at radius 1 is 1.53 bits per heavy atom. The second kappa shape index (κ2) is 4.64. The number of benzene rings is 1. The van der Waals surface area contributed by atoms with E-state index in [9.17, 15) is 5.11 Å². The van der Waals surface area contributed by atoms with E-state index in [0.29, 0.717) is 13.2 Å². The van der Waals surface area contributed by atoms with Crippen LogP contribution in [0.4, 0.5) is 0 Å². The van der Waals surface area contributed by atoms with Gasteiger partial charge in [0.05, 0.1) is 6.61 Å². The van der Waals surface area contributed by atoms with Gasteiger partial charge in [0.15, 0.2) is 0 Å². The number of hydrogen-bond acceptors (Lipinski definition) is 3. The van der Waals surface area contributed by atoms with Crippen LogP contribution in [-0.4, -0.2) is 30.5 Å². The lowest BCUT2D eigenvalue weighted by molar-refractivity contribution is -0.0169. The monoisotopic (exact) mass is 208 g/mol. The molecule has 0 aliphatic carbocycles. The number of rotatable bonds is 4. The molecule has 1 aliphatic rings. The van der Waals surface area contributed by atoms with Gasteiger partial charge in [-0.3, -0.25) is 0 Å². The molecule has 0 saturated carbocycles. The number of hydrogen-bond donors (Lipinski definition) is 1. The fourth-order valence-electron chi connectivity index (χ4n) is 1.77. The van der Waals surface area contributed by atoms with E-state index in [1.807, 2.05) is 31.2 Å². The first kappa shape index (κ1) is 10.5. The second-order valence-corrected chi connectivity index (χ2v) is 3.69. The maximum atomic E-state index is 9.80. The SMILES string of the molecule is CCOCC(O)C1Cc2ccccc2O1. The van der Waals surface area contributed by atoms with E-state index in [4.69, 9.17) is 9.47 Å². The van der Waals surface area contributed by atoms with Gasteiger partial charge in [0.2, 0.25) is 0 Å². The van der Waals surface area contributed by atoms with Crippen molar-refractivity contribution >= 4 is 0 Å². The minimum Gasteiger partial charge on any atom is -0.487 e. The fraction of sp³-hybridized carbons (Fsp3) is 0.500. The Hall–Kier alpha value is -1.06. The van der Waals surface area contributed by atoms with E-state index in [1.54, 1.807) is 0 Å². The van der Waals surface area contributed by atoms with Crippen molar-refractivity contribution in [3.63, 3.8) is 0 Å². The summed E-state index contributed by atoms with van der Waals surface area (Å²) in [5.41, 5.74) is 1.16. The van der Waals surface area contributed by atoms with Gasteiger partial charge >= 0.3 is 0 Å². The first-order valence-electron chi connectivity index (χ1n) is 5.31. The summed E-state index contributed by atoms with van der Waals surface area (Å²) >= 11 is 0. The third-order valence-corrected chi connectivity index (χ3v) is 2.59. The molecule has 2 rings (SSSR count). The van der Waals surface area contributed by atoms with Crippen LogP contribution in [0.2, 0.25) is 0 Å². The lowest BCUT2D eigenvalue weighted by Crippen LogP contribution is -2.34. The average molecular weight is 208 g/mol. The van der Waals surface area contributed by atoms with E-state index in [0.717, 1.165) is 17.7 Å². The molecule has 0 bridgehead atoms. The molecule has 0 saturated heterocycles. The van der Waals surface area contributed by atoms with Gasteiger partial charge in [-0.15, -0.1) is 0 Å². The molecule has 0 fully saturated rings. The third kappa shape index (κ3) is 2.30. The van der Waals surface area contributed by atoms with Gasteiger partial charge in [-0.2, -0.15) is 0 Å². The molecule has 1 heterocycles. The molecule has 3 nitrogen and oxygen atoms in total. The zero-order valence-corrected chi connectivity index (χ0v) is 8.85. The van der Waals surface area contributed by atoms with Crippen LogP contribution in [0, 0.1) is 0 Å². The van der Waals surface area contributed by atoms with Crippen molar-refractivity contribution in [2.75, 3.05) is 13.2 Å². The summed E-state index contributed by atoms with van der Waals surface area (Å²) in [6.45, 7) is 2.88. The van der Waals surface area contributed by atoms with Crippen LogP contribution in [0.15, 0.2) is 24.3 Å². The summed E-state index contributed by atoms with van der Waals surface area (Å²) in [6, 6.07) is 7.89. The summed E-state index contributed by atoms with van der Waals surface area (Å²) in [4.78, 5) is 0. The van der Waals surface area contributed by atoms with E-state index >= 15 is 0 Å². The van der Waals surface area contributed by atoms with Crippen LogP contribution in [0.5, 0.6) is 5.75 Å². The van der Waals surface area contributed by atoms with Gasteiger partial charge < -0.3 is 14.6 Å². The standard InChI is InChI=1S/C12H16O3/c1-2-14-8-10(13)12-7-9-5-3-4-6-11(9)15-12/h3-6,10,12-13H,2,7-8H2,1H3. The smallest absolute Gasteiger partial charge is 0.131 e. The van der Waals surface area contributed by atoms with Gasteiger partial charge in [-0.1, -0.05) is 18.2 Å². The molecule has 0 spiro atoms. The van der Waals surface area contributed by atoms with Gasteiger partial charge in [-0.05, 0) is 18.6 Å². The highest BCUT2D eigenvalue weighted by molar-refractivity contribution is 5.37. The average Bonchev–Trinajstić information content (AvgIpc) is 2.69. The quantitative estimate of drug-likeness (QED) is 0.812. The fourth-order valence-corrected chi connectivity index (χ4v) is 1.77. The van der Waals surface area contributed by atoms with Crippen LogP contribution >= 0.6 is 0 Å². The lowest BCUT2D eigenvalue weighted by atomic mass is 10.1. The third-order valence-electron chi connectivity index (χ3n) is 2.59. The molecular weight excluding hydrogens is 192 g/mol. The van der Waals surface area contributed by atoms with Crippen molar-refractivity contribution in [1.29, 1.82) is 0 Å². The van der Waals surface area contributed by atoms with Crippen molar-refractivity contribution in [1.82, 2.24) is 0 Å². The van der Waals surface area contributed by atoms with Gasteiger partial charge in [-0.25, -0.2) is 0 Å². The zero-order valence-electron chi connectivity index (χ0n) is 8.85. The Balaban J connectivity index is 1.94. The summed E-state index contributed by atoms with van der Waals surface area (Å²) in [7, 11) is 0. The summed E-state index contributed by atoms with van der Waals surface area (Å²) in [5.74, 6) is 0.887. The highest BCUT2D eigenvalue weighted by Gasteiger charge is 2.28. The molecule has 15 heavy (non-hydrogen) atoms. The van der Waals surface area contributed by atoms with Crippen LogP contribution in [0.1, 0.15) is 12.5 Å². The molecule has 1 aromatic carbocycles. The van der Waals surface area contributed by atoms with Crippen molar-refractivity contribution in [2.24, 2.45) is 0 Å². The summed E-state index contributed by atoms with van der Waals surface area (Å²) in [6.07, 6.45) is 0.0658. The van der Waals surface area contributed by atoms with Crippen LogP contribution in [-0.2, 0) is 11.2 Å². The molecule has 0 amide bonds. The van der Waals surface area contributed by atoms with E-state index < -0.39 is 6.10 Å². The highest BCUT2D eigenvalue weighted by atomic mass is 16.5. The molecular formula is C12H16O3. The van der Waals surface area contributed by atoms with Crippen molar-refractivity contribution in [2.45, 2.75) is 25.6 Å². The molecule has 1 N–H and O–H groups in total. The van der Waals surface area contributed by atoms with Crippen molar-refractivity contribution < 1.29 is 14.6 Å². The lowest BCUT2D eigenvalue weighted by Gasteiger charge is -2.17. The summed E-state index contributed by atoms with van der Waals surface area (Å²) in [5, 5.41) is 9.80. The molecule has 3 heteroatoms. The normalized spacial score (nSPS) is 20.8. The Morgan fingerprint density at radius 2 is 2.33 bits per heavy atom. The van der Waals surface area contributed by atoms with Gasteiger partial charge in [0, 0.05) is 13.0 Å². The molecule has 2 unspecified atom stereocenters. The number of para-hydroxylation sites is 1. The number of aliphatic hydroxyl groups is 1. The zero-order chi connectivity index (χ0) is 10.7. The molecule has 0 radical (unpaired) electrons. The first-order chi connectivity index (χ1) is 7.31. The molecule has 1 aromatic rings. The number of fused-ring (bicyclic) bond motifs is 1. The molecule has 82 valence electrons. The van der Waals surface area contributed by atoms with Crippen LogP contribution in [0.25, 0.3) is 0 Å². The summed E-state index contributed by atoms with van der Waals surface area (Å²) < 4.78 is 10.8. The second-order valence-electron chi connectivity index (χ2n) is 3.69. The Kier molecular flexibility index (Phi) is 3.23. The first-order valence-corrected chi connectivity index (χ1v) is 5.31. The molecule has 2 atom stereocenters. The minimum atomic E-state index is -0.544. The Labute approximate surface area is 89.6 Å². The predicted molar refractivity (Wildman–Crippen MR) is 57.1 cm³/mol. The number of ether oxygens (including phenoxy) is 2. The van der Waals surface area contributed by atoms with Crippen molar-refractivity contribution in [3.8, 4) is 5.75 Å². The molecule has 0 aromatic heterocycles. The van der Waals surface area contributed by atoms with Gasteiger partial charge in [0.1, 0.15) is 18.0 Å². The van der Waals surface area contributed by atoms with Gasteiger partial charge in [0.25, 0.3) is 0 Å².